The van der Waals surface area contributed by atoms with Gasteiger partial charge in [-0.25, -0.2) is 9.36 Å². The molecule has 0 atom stereocenters. The predicted octanol–water partition coefficient (Wildman–Crippen LogP) is 0.904. The van der Waals surface area contributed by atoms with Crippen molar-refractivity contribution < 1.29 is 31.6 Å². The lowest BCUT2D eigenvalue weighted by molar-refractivity contribution is -0.688. The van der Waals surface area contributed by atoms with Crippen molar-refractivity contribution in [1.29, 1.82) is 0 Å². The summed E-state index contributed by atoms with van der Waals surface area (Å²) in [5.41, 5.74) is 3.58. The molecule has 138 valence electrons. The first-order valence-electron chi connectivity index (χ1n) is 8.27. The number of methoxy groups -OCH3 is 1. The molecule has 0 amide bonds. The molecule has 1 N–H and O–H groups in total. The number of carbonyl (C=O) groups is 1. The molecule has 3 aromatic rings. The van der Waals surface area contributed by atoms with Gasteiger partial charge in [0.05, 0.1) is 12.7 Å². The molecule has 0 aliphatic rings. The second-order valence-corrected chi connectivity index (χ2v) is 5.91. The molecule has 3 rings (SSSR count). The summed E-state index contributed by atoms with van der Waals surface area (Å²) < 4.78 is 7.21. The maximum absolute atomic E-state index is 10.9. The van der Waals surface area contributed by atoms with Gasteiger partial charge in [0.2, 0.25) is 0 Å². The molecule has 0 bridgehead atoms. The Balaban J connectivity index is 0.00000261. The van der Waals surface area contributed by atoms with Crippen molar-refractivity contribution in [2.45, 2.75) is 6.54 Å². The van der Waals surface area contributed by atoms with Crippen LogP contribution in [0, 0.1) is 0 Å². The zero-order valence-electron chi connectivity index (χ0n) is 14.9. The van der Waals surface area contributed by atoms with Crippen LogP contribution >= 0.6 is 0 Å². The molecule has 0 saturated carbocycles. The van der Waals surface area contributed by atoms with Gasteiger partial charge in [-0.15, -0.1) is 0 Å². The highest BCUT2D eigenvalue weighted by Gasteiger charge is 2.05. The van der Waals surface area contributed by atoms with Gasteiger partial charge < -0.3 is 22.3 Å². The first-order chi connectivity index (χ1) is 12.6. The van der Waals surface area contributed by atoms with E-state index in [0.717, 1.165) is 22.4 Å². The van der Waals surface area contributed by atoms with Crippen molar-refractivity contribution in [2.75, 3.05) is 7.11 Å². The predicted molar refractivity (Wildman–Crippen MR) is 101 cm³/mol. The molecule has 5 heteroatoms. The van der Waals surface area contributed by atoms with E-state index in [2.05, 4.69) is 16.7 Å². The normalized spacial score (nSPS) is 10.4. The summed E-state index contributed by atoms with van der Waals surface area (Å²) in [6.07, 6.45) is 8.15. The fraction of sp³-hybridized carbons (Fsp3) is 0.0909. The SMILES string of the molecule is COc1ccc(/C=C\c2cc[n+](Cc3ccc(C(=O)O)cc3)cc2)cc1.[Cl-]. The fourth-order valence-electron chi connectivity index (χ4n) is 2.56. The van der Waals surface area contributed by atoms with Gasteiger partial charge in [0, 0.05) is 17.7 Å². The Morgan fingerprint density at radius 2 is 1.48 bits per heavy atom. The number of benzene rings is 2. The number of hydrogen-bond donors (Lipinski definition) is 1. The van der Waals surface area contributed by atoms with Crippen LogP contribution in [-0.4, -0.2) is 18.2 Å². The van der Waals surface area contributed by atoms with Crippen molar-refractivity contribution in [3.8, 4) is 5.75 Å². The van der Waals surface area contributed by atoms with Crippen LogP contribution in [0.25, 0.3) is 12.2 Å². The van der Waals surface area contributed by atoms with Gasteiger partial charge in [-0.3, -0.25) is 0 Å². The molecule has 0 saturated heterocycles. The molecule has 1 heterocycles. The minimum atomic E-state index is -0.905. The topological polar surface area (TPSA) is 50.4 Å². The lowest BCUT2D eigenvalue weighted by Crippen LogP contribution is -3.00. The van der Waals surface area contributed by atoms with Gasteiger partial charge in [0.15, 0.2) is 18.9 Å². The van der Waals surface area contributed by atoms with E-state index in [-0.39, 0.29) is 12.4 Å². The van der Waals surface area contributed by atoms with Crippen molar-refractivity contribution in [1.82, 2.24) is 0 Å². The van der Waals surface area contributed by atoms with E-state index < -0.39 is 5.97 Å². The lowest BCUT2D eigenvalue weighted by atomic mass is 10.1. The Hall–Kier alpha value is -3.11. The number of hydrogen-bond acceptors (Lipinski definition) is 2. The summed E-state index contributed by atoms with van der Waals surface area (Å²) in [6.45, 7) is 0.697. The zero-order valence-corrected chi connectivity index (χ0v) is 15.6. The van der Waals surface area contributed by atoms with E-state index in [0.29, 0.717) is 12.1 Å². The quantitative estimate of drug-likeness (QED) is 0.646. The maximum Gasteiger partial charge on any atom is 0.335 e. The van der Waals surface area contributed by atoms with E-state index >= 15 is 0 Å². The van der Waals surface area contributed by atoms with Crippen LogP contribution in [0.4, 0.5) is 0 Å². The summed E-state index contributed by atoms with van der Waals surface area (Å²) in [6, 6.07) is 18.9. The molecule has 27 heavy (non-hydrogen) atoms. The molecule has 0 aliphatic heterocycles. The van der Waals surface area contributed by atoms with Crippen molar-refractivity contribution >= 4 is 18.1 Å². The van der Waals surface area contributed by atoms with Gasteiger partial charge in [-0.05, 0) is 35.4 Å². The number of pyridine rings is 1. The first kappa shape index (κ1) is 20.2. The zero-order chi connectivity index (χ0) is 18.4. The Morgan fingerprint density at radius 1 is 0.926 bits per heavy atom. The average Bonchev–Trinajstić information content (AvgIpc) is 2.68. The average molecular weight is 382 g/mol. The molecular weight excluding hydrogens is 362 g/mol. The third kappa shape index (κ3) is 5.69. The van der Waals surface area contributed by atoms with Crippen LogP contribution < -0.4 is 21.7 Å². The highest BCUT2D eigenvalue weighted by Crippen LogP contribution is 2.13. The summed E-state index contributed by atoms with van der Waals surface area (Å²) in [7, 11) is 1.66. The highest BCUT2D eigenvalue weighted by atomic mass is 35.5. The maximum atomic E-state index is 10.9. The standard InChI is InChI=1S/C22H19NO3.ClH/c1-26-21-10-6-17(7-11-21)2-3-18-12-14-23(15-13-18)16-19-4-8-20(9-5-19)22(24)25;/h2-15H,16H2,1H3;1H/b3-2-;. The minimum absolute atomic E-state index is 0. The molecule has 0 unspecified atom stereocenters. The second-order valence-electron chi connectivity index (χ2n) is 5.91. The monoisotopic (exact) mass is 381 g/mol. The van der Waals surface area contributed by atoms with E-state index in [1.165, 1.54) is 0 Å². The molecular formula is C22H20ClNO3. The fourth-order valence-corrected chi connectivity index (χ4v) is 2.56. The van der Waals surface area contributed by atoms with Gasteiger partial charge in [0.1, 0.15) is 5.75 Å². The minimum Gasteiger partial charge on any atom is -1.00 e. The Bertz CT molecular complexity index is 902. The molecule has 1 aromatic heterocycles. The van der Waals surface area contributed by atoms with Gasteiger partial charge in [-0.2, -0.15) is 0 Å². The molecule has 0 radical (unpaired) electrons. The van der Waals surface area contributed by atoms with Crippen LogP contribution in [0.5, 0.6) is 5.75 Å². The third-order valence-electron chi connectivity index (χ3n) is 4.07. The Labute approximate surface area is 164 Å². The molecule has 0 fully saturated rings. The first-order valence-corrected chi connectivity index (χ1v) is 8.27. The number of aromatic carboxylic acids is 1. The highest BCUT2D eigenvalue weighted by molar-refractivity contribution is 5.87. The number of nitrogens with zero attached hydrogens (tertiary/aromatic N) is 1. The Kier molecular flexibility index (Phi) is 7.15. The molecule has 4 nitrogen and oxygen atoms in total. The van der Waals surface area contributed by atoms with Gasteiger partial charge in [0.25, 0.3) is 0 Å². The number of aromatic nitrogens is 1. The van der Waals surface area contributed by atoms with E-state index in [1.807, 2.05) is 60.9 Å². The largest absolute Gasteiger partial charge is 1.00 e. The molecule has 0 aliphatic carbocycles. The van der Waals surface area contributed by atoms with Crippen LogP contribution in [0.3, 0.4) is 0 Å². The van der Waals surface area contributed by atoms with E-state index in [1.54, 1.807) is 19.2 Å². The number of ether oxygens (including phenoxy) is 1. The van der Waals surface area contributed by atoms with Crippen molar-refractivity contribution in [2.24, 2.45) is 0 Å². The van der Waals surface area contributed by atoms with Crippen LogP contribution in [0.1, 0.15) is 27.0 Å². The smallest absolute Gasteiger partial charge is 0.335 e. The van der Waals surface area contributed by atoms with Crippen LogP contribution in [0.15, 0.2) is 73.1 Å². The summed E-state index contributed by atoms with van der Waals surface area (Å²) in [4.78, 5) is 10.9. The van der Waals surface area contributed by atoms with Crippen molar-refractivity contribution in [3.05, 3.63) is 95.3 Å². The third-order valence-corrected chi connectivity index (χ3v) is 4.07. The number of halogens is 1. The number of carboxylic acids is 1. The lowest BCUT2D eigenvalue weighted by Gasteiger charge is -2.00. The number of rotatable bonds is 6. The second kappa shape index (κ2) is 9.55. The number of carboxylic acid groups (broad SMARTS) is 1. The molecule has 2 aromatic carbocycles. The van der Waals surface area contributed by atoms with Crippen molar-refractivity contribution in [3.63, 3.8) is 0 Å². The van der Waals surface area contributed by atoms with Crippen LogP contribution in [0.2, 0.25) is 0 Å². The molecule has 0 spiro atoms. The van der Waals surface area contributed by atoms with Gasteiger partial charge in [-0.1, -0.05) is 36.4 Å². The summed E-state index contributed by atoms with van der Waals surface area (Å²) in [5.74, 6) is -0.0588. The van der Waals surface area contributed by atoms with Crippen LogP contribution in [-0.2, 0) is 6.54 Å². The summed E-state index contributed by atoms with van der Waals surface area (Å²) >= 11 is 0. The van der Waals surface area contributed by atoms with E-state index in [9.17, 15) is 4.79 Å². The summed E-state index contributed by atoms with van der Waals surface area (Å²) in [5, 5.41) is 8.94. The Morgan fingerprint density at radius 3 is 2.00 bits per heavy atom. The van der Waals surface area contributed by atoms with Gasteiger partial charge >= 0.3 is 5.97 Å². The van der Waals surface area contributed by atoms with E-state index in [4.69, 9.17) is 9.84 Å².